The molecule has 1 atom stereocenters. The summed E-state index contributed by atoms with van der Waals surface area (Å²) in [5.41, 5.74) is 0.851. The van der Waals surface area contributed by atoms with E-state index in [4.69, 9.17) is 19.6 Å². The normalized spacial score (nSPS) is 13.8. The van der Waals surface area contributed by atoms with Crippen LogP contribution >= 0.6 is 0 Å². The second kappa shape index (κ2) is 10.3. The fourth-order valence-corrected chi connectivity index (χ4v) is 1.26. The van der Waals surface area contributed by atoms with Gasteiger partial charge in [-0.25, -0.2) is 0 Å². The Hall–Kier alpha value is -0.910. The van der Waals surface area contributed by atoms with Gasteiger partial charge < -0.3 is 24.9 Å². The number of ether oxygens (including phenoxy) is 3. The fourth-order valence-electron chi connectivity index (χ4n) is 1.26. The first-order valence-electron chi connectivity index (χ1n) is 5.86. The van der Waals surface area contributed by atoms with Crippen molar-refractivity contribution in [3.05, 3.63) is 11.8 Å². The monoisotopic (exact) mass is 244 g/mol. The van der Waals surface area contributed by atoms with Gasteiger partial charge in [0.2, 0.25) is 0 Å². The van der Waals surface area contributed by atoms with Crippen LogP contribution in [0.4, 0.5) is 0 Å². The molecule has 0 aromatic heterocycles. The zero-order valence-corrected chi connectivity index (χ0v) is 11.2. The Morgan fingerprint density at radius 2 is 1.88 bits per heavy atom. The van der Waals surface area contributed by atoms with Crippen molar-refractivity contribution in [1.82, 2.24) is 5.32 Å². The molecule has 0 heterocycles. The summed E-state index contributed by atoms with van der Waals surface area (Å²) in [5.74, 6) is 0. The van der Waals surface area contributed by atoms with E-state index in [9.17, 15) is 0 Å². The number of hydrogen-bond acceptors (Lipinski definition) is 5. The third kappa shape index (κ3) is 7.10. The molecule has 0 fully saturated rings. The van der Waals surface area contributed by atoms with Crippen LogP contribution < -0.4 is 5.32 Å². The summed E-state index contributed by atoms with van der Waals surface area (Å²) in [6.07, 6.45) is 2.52. The van der Waals surface area contributed by atoms with Crippen LogP contribution in [0.15, 0.2) is 11.8 Å². The van der Waals surface area contributed by atoms with Gasteiger partial charge in [0, 0.05) is 39.3 Å². The minimum atomic E-state index is -0.365. The Morgan fingerprint density at radius 1 is 1.29 bits per heavy atom. The molecule has 0 aromatic rings. The van der Waals surface area contributed by atoms with Crippen molar-refractivity contribution in [3.8, 4) is 0 Å². The predicted octanol–water partition coefficient (Wildman–Crippen LogP) is 1.54. The molecule has 2 N–H and O–H groups in total. The van der Waals surface area contributed by atoms with E-state index >= 15 is 0 Å². The molecule has 0 aromatic carbocycles. The van der Waals surface area contributed by atoms with Gasteiger partial charge in [-0.2, -0.15) is 0 Å². The maximum atomic E-state index is 7.04. The van der Waals surface area contributed by atoms with Crippen LogP contribution in [0.3, 0.4) is 0 Å². The summed E-state index contributed by atoms with van der Waals surface area (Å²) >= 11 is 0. The highest BCUT2D eigenvalue weighted by atomic mass is 16.7. The Kier molecular flexibility index (Phi) is 9.71. The summed E-state index contributed by atoms with van der Waals surface area (Å²) in [6.45, 7) is 7.44. The molecule has 0 aliphatic carbocycles. The fraction of sp³-hybridized carbons (Fsp3) is 0.750. The average molecular weight is 244 g/mol. The maximum Gasteiger partial charge on any atom is 0.185 e. The van der Waals surface area contributed by atoms with Crippen molar-refractivity contribution < 1.29 is 14.2 Å². The molecule has 17 heavy (non-hydrogen) atoms. The predicted molar refractivity (Wildman–Crippen MR) is 68.4 cm³/mol. The molecule has 0 amide bonds. The first-order valence-corrected chi connectivity index (χ1v) is 5.86. The molecule has 0 radical (unpaired) electrons. The Labute approximate surface area is 104 Å². The minimum absolute atomic E-state index is 0.176. The summed E-state index contributed by atoms with van der Waals surface area (Å²) in [7, 11) is 1.63. The Bertz CT molecular complexity index is 226. The van der Waals surface area contributed by atoms with Crippen LogP contribution in [-0.2, 0) is 14.2 Å². The van der Waals surface area contributed by atoms with E-state index in [1.54, 1.807) is 13.3 Å². The molecular weight excluding hydrogens is 220 g/mol. The van der Waals surface area contributed by atoms with Gasteiger partial charge in [0.25, 0.3) is 0 Å². The van der Waals surface area contributed by atoms with E-state index in [1.807, 2.05) is 20.8 Å². The molecule has 0 saturated carbocycles. The third-order valence-corrected chi connectivity index (χ3v) is 2.14. The first-order chi connectivity index (χ1) is 8.19. The maximum absolute atomic E-state index is 7.04. The van der Waals surface area contributed by atoms with Gasteiger partial charge in [0.1, 0.15) is 6.10 Å². The molecule has 0 bridgehead atoms. The van der Waals surface area contributed by atoms with Gasteiger partial charge in [-0.1, -0.05) is 0 Å². The zero-order chi connectivity index (χ0) is 13.1. The lowest BCUT2D eigenvalue weighted by atomic mass is 10.3. The van der Waals surface area contributed by atoms with E-state index < -0.39 is 0 Å². The van der Waals surface area contributed by atoms with Gasteiger partial charge >= 0.3 is 0 Å². The molecule has 0 aliphatic rings. The SMILES string of the molecule is CCOC(OCC)C(CN/C=C(/C)C=N)OC. The van der Waals surface area contributed by atoms with E-state index in [0.29, 0.717) is 19.8 Å². The highest BCUT2D eigenvalue weighted by Gasteiger charge is 2.21. The van der Waals surface area contributed by atoms with Gasteiger partial charge in [0.15, 0.2) is 6.29 Å². The summed E-state index contributed by atoms with van der Waals surface area (Å²) < 4.78 is 16.3. The van der Waals surface area contributed by atoms with Gasteiger partial charge in [-0.15, -0.1) is 0 Å². The zero-order valence-electron chi connectivity index (χ0n) is 11.2. The summed E-state index contributed by atoms with van der Waals surface area (Å²) in [4.78, 5) is 0. The van der Waals surface area contributed by atoms with Crippen LogP contribution in [-0.4, -0.2) is 45.5 Å². The van der Waals surface area contributed by atoms with Gasteiger partial charge in [-0.05, 0) is 26.3 Å². The van der Waals surface area contributed by atoms with Crippen molar-refractivity contribution in [2.45, 2.75) is 33.2 Å². The molecule has 0 saturated heterocycles. The highest BCUT2D eigenvalue weighted by Crippen LogP contribution is 2.05. The highest BCUT2D eigenvalue weighted by molar-refractivity contribution is 5.74. The van der Waals surface area contributed by atoms with Crippen LogP contribution in [0.5, 0.6) is 0 Å². The topological polar surface area (TPSA) is 63.6 Å². The molecule has 5 heteroatoms. The van der Waals surface area contributed by atoms with E-state index in [2.05, 4.69) is 5.32 Å². The van der Waals surface area contributed by atoms with Gasteiger partial charge in [0.05, 0.1) is 0 Å². The van der Waals surface area contributed by atoms with Gasteiger partial charge in [-0.3, -0.25) is 0 Å². The molecule has 5 nitrogen and oxygen atoms in total. The van der Waals surface area contributed by atoms with E-state index in [0.717, 1.165) is 5.57 Å². The Balaban J connectivity index is 4.21. The number of hydrogen-bond donors (Lipinski definition) is 2. The average Bonchev–Trinajstić information content (AvgIpc) is 2.34. The molecule has 1 unspecified atom stereocenters. The summed E-state index contributed by atoms with van der Waals surface area (Å²) in [6, 6.07) is 0. The van der Waals surface area contributed by atoms with Crippen molar-refractivity contribution in [1.29, 1.82) is 5.41 Å². The second-order valence-corrected chi connectivity index (χ2v) is 3.49. The second-order valence-electron chi connectivity index (χ2n) is 3.49. The quantitative estimate of drug-likeness (QED) is 0.452. The smallest absolute Gasteiger partial charge is 0.185 e. The summed E-state index contributed by atoms with van der Waals surface area (Å²) in [5, 5.41) is 10.1. The molecule has 0 rings (SSSR count). The van der Waals surface area contributed by atoms with Crippen LogP contribution in [0.1, 0.15) is 20.8 Å². The lowest BCUT2D eigenvalue weighted by Gasteiger charge is -2.25. The van der Waals surface area contributed by atoms with Crippen LogP contribution in [0, 0.1) is 5.41 Å². The Morgan fingerprint density at radius 3 is 2.29 bits per heavy atom. The standard InChI is InChI=1S/C12H24N2O3/c1-5-16-12(17-6-2)11(15-4)9-14-8-10(3)7-13/h7-8,11-14H,5-6,9H2,1-4H3/b10-8-,13-7?. The van der Waals surface area contributed by atoms with E-state index in [-0.39, 0.29) is 12.4 Å². The van der Waals surface area contributed by atoms with Crippen molar-refractivity contribution in [3.63, 3.8) is 0 Å². The largest absolute Gasteiger partial charge is 0.388 e. The molecule has 100 valence electrons. The molecular formula is C12H24N2O3. The molecule has 0 aliphatic heterocycles. The number of nitrogens with one attached hydrogen (secondary N) is 2. The minimum Gasteiger partial charge on any atom is -0.388 e. The number of methoxy groups -OCH3 is 1. The van der Waals surface area contributed by atoms with Crippen LogP contribution in [0.25, 0.3) is 0 Å². The van der Waals surface area contributed by atoms with Crippen LogP contribution in [0.2, 0.25) is 0 Å². The lowest BCUT2D eigenvalue weighted by molar-refractivity contribution is -0.194. The van der Waals surface area contributed by atoms with Crippen molar-refractivity contribution >= 4 is 6.21 Å². The third-order valence-electron chi connectivity index (χ3n) is 2.14. The molecule has 0 spiro atoms. The number of allylic oxidation sites excluding steroid dienone is 1. The first kappa shape index (κ1) is 16.1. The van der Waals surface area contributed by atoms with Crippen molar-refractivity contribution in [2.24, 2.45) is 0 Å². The van der Waals surface area contributed by atoms with E-state index in [1.165, 1.54) is 6.21 Å². The lowest BCUT2D eigenvalue weighted by Crippen LogP contribution is -2.40. The van der Waals surface area contributed by atoms with Crippen molar-refractivity contribution in [2.75, 3.05) is 26.9 Å². The number of rotatable bonds is 10.